The largest absolute Gasteiger partial charge is 0.417 e. The topological polar surface area (TPSA) is 42.0 Å². The Morgan fingerprint density at radius 3 is 2.33 bits per heavy atom. The third-order valence-electron chi connectivity index (χ3n) is 2.69. The molecule has 3 nitrogen and oxygen atoms in total. The van der Waals surface area contributed by atoms with Crippen molar-refractivity contribution in [3.05, 3.63) is 63.9 Å². The quantitative estimate of drug-likeness (QED) is 0.906. The predicted octanol–water partition coefficient (Wildman–Crippen LogP) is 3.79. The molecule has 0 saturated carbocycles. The number of rotatable bonds is 3. The van der Waals surface area contributed by atoms with E-state index >= 15 is 0 Å². The lowest BCUT2D eigenvalue weighted by Crippen LogP contribution is -2.24. The fraction of sp³-hybridized carbons (Fsp3) is 0.143. The van der Waals surface area contributed by atoms with Gasteiger partial charge >= 0.3 is 6.18 Å². The number of pyridine rings is 1. The van der Waals surface area contributed by atoms with Crippen LogP contribution in [0.3, 0.4) is 0 Å². The molecule has 0 saturated heterocycles. The van der Waals surface area contributed by atoms with Gasteiger partial charge in [0.15, 0.2) is 0 Å². The van der Waals surface area contributed by atoms with Crippen LogP contribution in [-0.2, 0) is 12.7 Å². The predicted molar refractivity (Wildman–Crippen MR) is 74.6 cm³/mol. The Balaban J connectivity index is 1.99. The van der Waals surface area contributed by atoms with Gasteiger partial charge in [0.05, 0.1) is 5.56 Å². The summed E-state index contributed by atoms with van der Waals surface area (Å²) in [6.07, 6.45) is -3.81. The van der Waals surface area contributed by atoms with Gasteiger partial charge < -0.3 is 5.32 Å². The fourth-order valence-corrected chi connectivity index (χ4v) is 1.84. The van der Waals surface area contributed by atoms with E-state index < -0.39 is 17.6 Å². The molecule has 0 bridgehead atoms. The Hall–Kier alpha value is -1.89. The average Bonchev–Trinajstić information content (AvgIpc) is 2.45. The van der Waals surface area contributed by atoms with Crippen LogP contribution in [-0.4, -0.2) is 10.9 Å². The summed E-state index contributed by atoms with van der Waals surface area (Å²) in [5.74, 6) is -0.522. The van der Waals surface area contributed by atoms with Crippen molar-refractivity contribution >= 4 is 21.8 Å². The molecule has 1 N–H and O–H groups in total. The smallest absolute Gasteiger partial charge is 0.347 e. The molecule has 0 spiro atoms. The second kappa shape index (κ2) is 6.26. The normalized spacial score (nSPS) is 11.2. The molecule has 7 heteroatoms. The van der Waals surface area contributed by atoms with E-state index in [0.29, 0.717) is 6.20 Å². The Kier molecular flexibility index (Phi) is 4.62. The summed E-state index contributed by atoms with van der Waals surface area (Å²) in [6, 6.07) is 9.20. The molecule has 1 aromatic heterocycles. The van der Waals surface area contributed by atoms with Crippen molar-refractivity contribution < 1.29 is 18.0 Å². The number of nitrogens with zero attached hydrogens (tertiary/aromatic N) is 1. The van der Waals surface area contributed by atoms with Gasteiger partial charge in [0, 0.05) is 17.2 Å². The van der Waals surface area contributed by atoms with Crippen LogP contribution < -0.4 is 5.32 Å². The van der Waals surface area contributed by atoms with Crippen molar-refractivity contribution in [3.8, 4) is 0 Å². The molecule has 110 valence electrons. The summed E-state index contributed by atoms with van der Waals surface area (Å²) < 4.78 is 38.1. The molecule has 0 unspecified atom stereocenters. The minimum Gasteiger partial charge on any atom is -0.347 e. The maximum Gasteiger partial charge on any atom is 0.417 e. The van der Waals surface area contributed by atoms with Crippen LogP contribution in [0.15, 0.2) is 47.1 Å². The lowest BCUT2D eigenvalue weighted by Gasteiger charge is -2.08. The zero-order chi connectivity index (χ0) is 15.5. The Morgan fingerprint density at radius 2 is 1.81 bits per heavy atom. The van der Waals surface area contributed by atoms with Crippen LogP contribution in [0.5, 0.6) is 0 Å². The van der Waals surface area contributed by atoms with Crippen LogP contribution in [0.1, 0.15) is 21.6 Å². The standard InChI is InChI=1S/C14H10BrF3N2O/c15-11-4-1-9(2-5-11)7-20-13(21)12-6-3-10(8-19-12)14(16,17)18/h1-6,8H,7H2,(H,20,21). The molecule has 0 aliphatic rings. The summed E-state index contributed by atoms with van der Waals surface area (Å²) in [5, 5.41) is 2.59. The van der Waals surface area contributed by atoms with E-state index in [1.807, 2.05) is 24.3 Å². The number of nitrogens with one attached hydrogen (secondary N) is 1. The van der Waals surface area contributed by atoms with Gasteiger partial charge in [0.25, 0.3) is 5.91 Å². The van der Waals surface area contributed by atoms with Gasteiger partial charge in [-0.2, -0.15) is 13.2 Å². The molecule has 1 aromatic carbocycles. The number of halogens is 4. The lowest BCUT2D eigenvalue weighted by molar-refractivity contribution is -0.137. The molecule has 0 fully saturated rings. The zero-order valence-corrected chi connectivity index (χ0v) is 12.2. The SMILES string of the molecule is O=C(NCc1ccc(Br)cc1)c1ccc(C(F)(F)F)cn1. The second-order valence-electron chi connectivity index (χ2n) is 4.24. The molecule has 1 amide bonds. The van der Waals surface area contributed by atoms with E-state index in [4.69, 9.17) is 0 Å². The first-order valence-corrected chi connectivity index (χ1v) is 6.71. The number of hydrogen-bond acceptors (Lipinski definition) is 2. The van der Waals surface area contributed by atoms with Crippen LogP contribution in [0, 0.1) is 0 Å². The van der Waals surface area contributed by atoms with Crippen LogP contribution in [0.2, 0.25) is 0 Å². The molecule has 0 radical (unpaired) electrons. The molecular weight excluding hydrogens is 349 g/mol. The summed E-state index contributed by atoms with van der Waals surface area (Å²) >= 11 is 3.30. The van der Waals surface area contributed by atoms with Crippen LogP contribution >= 0.6 is 15.9 Å². The van der Waals surface area contributed by atoms with Gasteiger partial charge in [-0.05, 0) is 29.8 Å². The molecule has 2 aromatic rings. The molecule has 0 aliphatic carbocycles. The summed E-state index contributed by atoms with van der Waals surface area (Å²) in [5.41, 5.74) is -0.0643. The van der Waals surface area contributed by atoms with Gasteiger partial charge in [0.2, 0.25) is 0 Å². The Labute approximate surface area is 127 Å². The van der Waals surface area contributed by atoms with Gasteiger partial charge in [0.1, 0.15) is 5.69 Å². The van der Waals surface area contributed by atoms with Crippen molar-refractivity contribution in [1.29, 1.82) is 0 Å². The highest BCUT2D eigenvalue weighted by atomic mass is 79.9. The van der Waals surface area contributed by atoms with Gasteiger partial charge in [-0.15, -0.1) is 0 Å². The number of amides is 1. The molecule has 21 heavy (non-hydrogen) atoms. The third-order valence-corrected chi connectivity index (χ3v) is 3.22. The minimum atomic E-state index is -4.46. The molecule has 2 rings (SSSR count). The van der Waals surface area contributed by atoms with E-state index in [-0.39, 0.29) is 12.2 Å². The third kappa shape index (κ3) is 4.29. The van der Waals surface area contributed by atoms with Crippen molar-refractivity contribution in [2.24, 2.45) is 0 Å². The summed E-state index contributed by atoms with van der Waals surface area (Å²) in [6.45, 7) is 0.273. The zero-order valence-electron chi connectivity index (χ0n) is 10.6. The first-order valence-electron chi connectivity index (χ1n) is 5.92. The fourth-order valence-electron chi connectivity index (χ4n) is 1.57. The lowest BCUT2D eigenvalue weighted by atomic mass is 10.2. The van der Waals surface area contributed by atoms with Crippen molar-refractivity contribution in [1.82, 2.24) is 10.3 Å². The first kappa shape index (κ1) is 15.5. The highest BCUT2D eigenvalue weighted by molar-refractivity contribution is 9.10. The summed E-state index contributed by atoms with van der Waals surface area (Å²) in [7, 11) is 0. The van der Waals surface area contributed by atoms with Crippen molar-refractivity contribution in [2.75, 3.05) is 0 Å². The highest BCUT2D eigenvalue weighted by Gasteiger charge is 2.30. The monoisotopic (exact) mass is 358 g/mol. The van der Waals surface area contributed by atoms with Crippen LogP contribution in [0.25, 0.3) is 0 Å². The Bertz CT molecular complexity index is 624. The number of benzene rings is 1. The van der Waals surface area contributed by atoms with E-state index in [1.165, 1.54) is 0 Å². The van der Waals surface area contributed by atoms with Crippen molar-refractivity contribution in [3.63, 3.8) is 0 Å². The second-order valence-corrected chi connectivity index (χ2v) is 5.15. The number of hydrogen-bond donors (Lipinski definition) is 1. The average molecular weight is 359 g/mol. The number of carbonyl (C=O) groups is 1. The van der Waals surface area contributed by atoms with Gasteiger partial charge in [-0.1, -0.05) is 28.1 Å². The van der Waals surface area contributed by atoms with E-state index in [0.717, 1.165) is 22.2 Å². The molecule has 1 heterocycles. The highest BCUT2D eigenvalue weighted by Crippen LogP contribution is 2.28. The van der Waals surface area contributed by atoms with Gasteiger partial charge in [-0.3, -0.25) is 9.78 Å². The maximum atomic E-state index is 12.4. The Morgan fingerprint density at radius 1 is 1.14 bits per heavy atom. The number of alkyl halides is 3. The summed E-state index contributed by atoms with van der Waals surface area (Å²) in [4.78, 5) is 15.3. The van der Waals surface area contributed by atoms with Crippen molar-refractivity contribution in [2.45, 2.75) is 12.7 Å². The van der Waals surface area contributed by atoms with Gasteiger partial charge in [-0.25, -0.2) is 0 Å². The van der Waals surface area contributed by atoms with E-state index in [2.05, 4.69) is 26.2 Å². The van der Waals surface area contributed by atoms with E-state index in [1.54, 1.807) is 0 Å². The molecular formula is C14H10BrF3N2O. The molecule has 0 aliphatic heterocycles. The minimum absolute atomic E-state index is 0.0555. The van der Waals surface area contributed by atoms with E-state index in [9.17, 15) is 18.0 Å². The first-order chi connectivity index (χ1) is 9.86. The number of aromatic nitrogens is 1. The maximum absolute atomic E-state index is 12.4. The number of carbonyl (C=O) groups excluding carboxylic acids is 1. The molecule has 0 atom stereocenters. The van der Waals surface area contributed by atoms with Crippen LogP contribution in [0.4, 0.5) is 13.2 Å².